The number of hydrogen-bond acceptors (Lipinski definition) is 9. The number of nitrogen functional groups attached to an aromatic ring is 2. The summed E-state index contributed by atoms with van der Waals surface area (Å²) in [6.45, 7) is 0. The molecule has 0 spiro atoms. The van der Waals surface area contributed by atoms with E-state index in [-0.39, 0.29) is 23.5 Å². The van der Waals surface area contributed by atoms with E-state index in [1.165, 1.54) is 42.2 Å². The van der Waals surface area contributed by atoms with Crippen molar-refractivity contribution in [3.8, 4) is 0 Å². The van der Waals surface area contributed by atoms with Crippen molar-refractivity contribution in [2.75, 3.05) is 16.8 Å². The lowest BCUT2D eigenvalue weighted by Crippen LogP contribution is -2.12. The molecule has 0 aliphatic rings. The number of nitrogens with zero attached hydrogens (tertiary/aromatic N) is 5. The predicted molar refractivity (Wildman–Crippen MR) is 112 cm³/mol. The standard InChI is InChI=1S/C19H15FN8OS/c20-11-2-4-12(5-3-11)26-18(29)10-1-6-14(23-7-10)30-9-13-8-24-17-15(25-13)16(21)27-19(22)28-17/h1-8H,9H2,(H,26,29)(H4,21,22,24,27,28). The maximum Gasteiger partial charge on any atom is 0.257 e. The Hall–Kier alpha value is -3.86. The van der Waals surface area contributed by atoms with Gasteiger partial charge in [-0.15, -0.1) is 0 Å². The van der Waals surface area contributed by atoms with Crippen LogP contribution in [-0.2, 0) is 5.75 Å². The van der Waals surface area contributed by atoms with E-state index < -0.39 is 0 Å². The van der Waals surface area contributed by atoms with Crippen molar-refractivity contribution in [1.82, 2.24) is 24.9 Å². The number of nitrogens with two attached hydrogens (primary N) is 2. The molecule has 30 heavy (non-hydrogen) atoms. The number of anilines is 3. The number of benzene rings is 1. The summed E-state index contributed by atoms with van der Waals surface area (Å²) in [6.07, 6.45) is 3.06. The summed E-state index contributed by atoms with van der Waals surface area (Å²) in [5.74, 6) is 0.00362. The molecule has 3 aromatic heterocycles. The van der Waals surface area contributed by atoms with Crippen LogP contribution in [0.15, 0.2) is 53.8 Å². The highest BCUT2D eigenvalue weighted by Crippen LogP contribution is 2.22. The molecule has 11 heteroatoms. The van der Waals surface area contributed by atoms with Crippen molar-refractivity contribution < 1.29 is 9.18 Å². The van der Waals surface area contributed by atoms with Gasteiger partial charge in [0.05, 0.1) is 22.5 Å². The molecule has 0 aliphatic heterocycles. The van der Waals surface area contributed by atoms with Crippen LogP contribution < -0.4 is 16.8 Å². The van der Waals surface area contributed by atoms with Crippen LogP contribution in [0.4, 0.5) is 21.8 Å². The normalized spacial score (nSPS) is 10.8. The summed E-state index contributed by atoms with van der Waals surface area (Å²) in [5.41, 5.74) is 13.7. The molecule has 0 bridgehead atoms. The lowest BCUT2D eigenvalue weighted by atomic mass is 10.2. The molecule has 4 aromatic rings. The first-order valence-electron chi connectivity index (χ1n) is 8.68. The van der Waals surface area contributed by atoms with Crippen LogP contribution in [-0.4, -0.2) is 30.8 Å². The minimum Gasteiger partial charge on any atom is -0.382 e. The van der Waals surface area contributed by atoms with Gasteiger partial charge >= 0.3 is 0 Å². The zero-order valence-corrected chi connectivity index (χ0v) is 16.2. The van der Waals surface area contributed by atoms with Gasteiger partial charge in [0.25, 0.3) is 5.91 Å². The number of carbonyl (C=O) groups excluding carboxylic acids is 1. The molecular formula is C19H15FN8OS. The minimum atomic E-state index is -0.369. The van der Waals surface area contributed by atoms with Crippen molar-refractivity contribution in [2.45, 2.75) is 10.8 Å². The van der Waals surface area contributed by atoms with E-state index >= 15 is 0 Å². The van der Waals surface area contributed by atoms with E-state index in [0.717, 1.165) is 0 Å². The minimum absolute atomic E-state index is 0.0455. The Kier molecular flexibility index (Phi) is 5.35. The Morgan fingerprint density at radius 2 is 1.80 bits per heavy atom. The molecule has 5 N–H and O–H groups in total. The largest absolute Gasteiger partial charge is 0.382 e. The number of thioether (sulfide) groups is 1. The maximum absolute atomic E-state index is 12.9. The van der Waals surface area contributed by atoms with Gasteiger partial charge in [0.2, 0.25) is 5.95 Å². The second-order valence-electron chi connectivity index (χ2n) is 6.14. The summed E-state index contributed by atoms with van der Waals surface area (Å²) in [6, 6.07) is 8.92. The third-order valence-corrected chi connectivity index (χ3v) is 4.95. The fourth-order valence-electron chi connectivity index (χ4n) is 2.54. The van der Waals surface area contributed by atoms with Gasteiger partial charge in [0, 0.05) is 17.6 Å². The lowest BCUT2D eigenvalue weighted by Gasteiger charge is -2.06. The topological polar surface area (TPSA) is 146 Å². The SMILES string of the molecule is Nc1nc(N)c2nc(CSc3ccc(C(=O)Nc4ccc(F)cc4)cn3)cnc2n1. The Balaban J connectivity index is 1.40. The summed E-state index contributed by atoms with van der Waals surface area (Å²) in [5, 5.41) is 3.39. The number of amides is 1. The van der Waals surface area contributed by atoms with E-state index in [4.69, 9.17) is 11.5 Å². The molecule has 9 nitrogen and oxygen atoms in total. The van der Waals surface area contributed by atoms with Gasteiger partial charge in [0.1, 0.15) is 5.82 Å². The number of carbonyl (C=O) groups is 1. The average molecular weight is 422 g/mol. The van der Waals surface area contributed by atoms with Crippen LogP contribution in [0.3, 0.4) is 0 Å². The summed E-state index contributed by atoms with van der Waals surface area (Å²) in [4.78, 5) is 33.1. The number of halogens is 1. The number of aromatic nitrogens is 5. The van der Waals surface area contributed by atoms with Crippen molar-refractivity contribution >= 4 is 46.3 Å². The highest BCUT2D eigenvalue weighted by molar-refractivity contribution is 7.98. The molecule has 0 aliphatic carbocycles. The number of hydrogen-bond donors (Lipinski definition) is 3. The highest BCUT2D eigenvalue weighted by Gasteiger charge is 2.10. The van der Waals surface area contributed by atoms with E-state index in [2.05, 4.69) is 30.2 Å². The third-order valence-electron chi connectivity index (χ3n) is 3.97. The Morgan fingerprint density at radius 1 is 1.00 bits per heavy atom. The number of rotatable bonds is 5. The highest BCUT2D eigenvalue weighted by atomic mass is 32.2. The van der Waals surface area contributed by atoms with E-state index in [9.17, 15) is 9.18 Å². The molecule has 1 amide bonds. The quantitative estimate of drug-likeness (QED) is 0.413. The first kappa shape index (κ1) is 19.5. The Labute approximate surface area is 174 Å². The van der Waals surface area contributed by atoms with E-state index in [1.54, 1.807) is 18.3 Å². The first-order valence-corrected chi connectivity index (χ1v) is 9.67. The van der Waals surface area contributed by atoms with Crippen LogP contribution in [0.1, 0.15) is 16.1 Å². The van der Waals surface area contributed by atoms with Crippen LogP contribution in [0.5, 0.6) is 0 Å². The van der Waals surface area contributed by atoms with Gasteiger partial charge in [-0.1, -0.05) is 11.8 Å². The summed E-state index contributed by atoms with van der Waals surface area (Å²) in [7, 11) is 0. The molecule has 0 atom stereocenters. The molecule has 0 radical (unpaired) electrons. The maximum atomic E-state index is 12.9. The second kappa shape index (κ2) is 8.25. The van der Waals surface area contributed by atoms with Crippen molar-refractivity contribution in [2.24, 2.45) is 0 Å². The van der Waals surface area contributed by atoms with Gasteiger partial charge in [-0.05, 0) is 36.4 Å². The van der Waals surface area contributed by atoms with Gasteiger partial charge in [-0.25, -0.2) is 19.3 Å². The molecule has 0 saturated heterocycles. The van der Waals surface area contributed by atoms with Crippen LogP contribution in [0, 0.1) is 5.82 Å². The molecule has 150 valence electrons. The fraction of sp³-hybridized carbons (Fsp3) is 0.0526. The molecule has 0 fully saturated rings. The predicted octanol–water partition coefficient (Wildman–Crippen LogP) is 2.66. The van der Waals surface area contributed by atoms with Crippen molar-refractivity contribution in [3.63, 3.8) is 0 Å². The fourth-order valence-corrected chi connectivity index (χ4v) is 3.26. The van der Waals surface area contributed by atoms with Crippen LogP contribution >= 0.6 is 11.8 Å². The van der Waals surface area contributed by atoms with Gasteiger partial charge in [0.15, 0.2) is 17.0 Å². The second-order valence-corrected chi connectivity index (χ2v) is 7.13. The van der Waals surface area contributed by atoms with Crippen molar-refractivity contribution in [1.29, 1.82) is 0 Å². The molecule has 1 aromatic carbocycles. The molecule has 0 saturated carbocycles. The summed E-state index contributed by atoms with van der Waals surface area (Å²) < 4.78 is 12.9. The molecule has 0 unspecified atom stereocenters. The zero-order valence-electron chi connectivity index (χ0n) is 15.4. The Bertz CT molecular complexity index is 1220. The van der Waals surface area contributed by atoms with Crippen LogP contribution in [0.2, 0.25) is 0 Å². The van der Waals surface area contributed by atoms with Gasteiger partial charge in [-0.2, -0.15) is 9.97 Å². The zero-order chi connectivity index (χ0) is 21.1. The lowest BCUT2D eigenvalue weighted by molar-refractivity contribution is 0.102. The first-order chi connectivity index (χ1) is 14.5. The molecule has 3 heterocycles. The Morgan fingerprint density at radius 3 is 2.53 bits per heavy atom. The van der Waals surface area contributed by atoms with Gasteiger partial charge < -0.3 is 16.8 Å². The number of nitrogens with one attached hydrogen (secondary N) is 1. The summed E-state index contributed by atoms with van der Waals surface area (Å²) >= 11 is 1.42. The smallest absolute Gasteiger partial charge is 0.257 e. The number of pyridine rings is 1. The van der Waals surface area contributed by atoms with E-state index in [1.807, 2.05) is 0 Å². The van der Waals surface area contributed by atoms with Gasteiger partial charge in [-0.3, -0.25) is 4.79 Å². The van der Waals surface area contributed by atoms with Crippen molar-refractivity contribution in [3.05, 3.63) is 65.9 Å². The third kappa shape index (κ3) is 4.41. The molecular weight excluding hydrogens is 407 g/mol. The average Bonchev–Trinajstić information content (AvgIpc) is 2.74. The number of fused-ring (bicyclic) bond motifs is 1. The van der Waals surface area contributed by atoms with Crippen LogP contribution in [0.25, 0.3) is 11.2 Å². The van der Waals surface area contributed by atoms with E-state index in [0.29, 0.717) is 38.9 Å². The monoisotopic (exact) mass is 422 g/mol. The molecule has 4 rings (SSSR count).